The fourth-order valence-corrected chi connectivity index (χ4v) is 3.24. The van der Waals surface area contributed by atoms with Crippen molar-refractivity contribution in [1.82, 2.24) is 9.55 Å². The number of aromatic nitrogens is 2. The third kappa shape index (κ3) is 4.91. The smallest absolute Gasteiger partial charge is 0.339 e. The maximum absolute atomic E-state index is 12.1. The number of halogens is 1. The van der Waals surface area contributed by atoms with Gasteiger partial charge in [0.2, 0.25) is 0 Å². The van der Waals surface area contributed by atoms with Gasteiger partial charge in [-0.25, -0.2) is 9.59 Å². The fourth-order valence-electron chi connectivity index (χ4n) is 2.95. The number of aliphatic hydroxyl groups excluding tert-OH is 2. The van der Waals surface area contributed by atoms with Gasteiger partial charge in [0, 0.05) is 12.6 Å². The first kappa shape index (κ1) is 21.2. The zero-order valence-electron chi connectivity index (χ0n) is 15.1. The minimum atomic E-state index is -1.45. The highest BCUT2D eigenvalue weighted by Gasteiger charge is 2.37. The van der Waals surface area contributed by atoms with Crippen LogP contribution in [0, 0.1) is 0 Å². The second-order valence-electron chi connectivity index (χ2n) is 6.42. The Bertz CT molecular complexity index is 1000. The second-order valence-corrected chi connectivity index (χ2v) is 6.95. The summed E-state index contributed by atoms with van der Waals surface area (Å²) in [6.07, 6.45) is -1.34. The van der Waals surface area contributed by atoms with Crippen molar-refractivity contribution in [2.24, 2.45) is 0 Å². The van der Waals surface area contributed by atoms with Crippen LogP contribution in [0.2, 0.25) is 0 Å². The third-order valence-electron chi connectivity index (χ3n) is 4.48. The Hall–Kier alpha value is -2.53. The van der Waals surface area contributed by atoms with Gasteiger partial charge in [0.25, 0.3) is 5.56 Å². The van der Waals surface area contributed by atoms with Crippen LogP contribution in [0.15, 0.2) is 51.1 Å². The molecule has 0 saturated carbocycles. The number of nitrogens with one attached hydrogen (secondary N) is 1. The lowest BCUT2D eigenvalue weighted by Crippen LogP contribution is -2.33. The molecule has 0 amide bonds. The van der Waals surface area contributed by atoms with Crippen LogP contribution in [0.5, 0.6) is 0 Å². The quantitative estimate of drug-likeness (QED) is 0.537. The number of benzene rings is 1. The summed E-state index contributed by atoms with van der Waals surface area (Å²) in [6, 6.07) is 8.29. The van der Waals surface area contributed by atoms with E-state index in [9.17, 15) is 24.6 Å². The molecule has 9 nitrogen and oxygen atoms in total. The molecule has 0 aliphatic carbocycles. The third-order valence-corrected chi connectivity index (χ3v) is 4.75. The van der Waals surface area contributed by atoms with Gasteiger partial charge in [0.05, 0.1) is 11.7 Å². The highest BCUT2D eigenvalue weighted by atomic mass is 79.9. The molecule has 0 radical (unpaired) electrons. The number of hydrogen-bond donors (Lipinski definition) is 3. The normalized spacial score (nSPS) is 22.7. The summed E-state index contributed by atoms with van der Waals surface area (Å²) in [6.45, 7) is -0.299. The molecule has 1 aromatic heterocycles. The Balaban J connectivity index is 1.66. The van der Waals surface area contributed by atoms with Crippen LogP contribution in [0.4, 0.5) is 0 Å². The van der Waals surface area contributed by atoms with Gasteiger partial charge in [-0.15, -0.1) is 0 Å². The van der Waals surface area contributed by atoms with Gasteiger partial charge in [0.1, 0.15) is 18.9 Å². The molecular weight excluding hydrogens is 448 g/mol. The number of H-pyrrole nitrogens is 1. The number of aromatic amines is 1. The number of nitrogens with zero attached hydrogens (tertiary/aromatic N) is 1. The van der Waals surface area contributed by atoms with E-state index in [-0.39, 0.29) is 18.6 Å². The summed E-state index contributed by atoms with van der Waals surface area (Å²) in [5.74, 6) is -0.874. The van der Waals surface area contributed by atoms with Crippen molar-refractivity contribution < 1.29 is 24.5 Å². The van der Waals surface area contributed by atoms with Crippen molar-refractivity contribution in [3.8, 4) is 0 Å². The maximum Gasteiger partial charge on any atom is 0.339 e. The number of hydrogen-bond acceptors (Lipinski definition) is 7. The highest BCUT2D eigenvalue weighted by molar-refractivity contribution is 9.11. The number of carbonyl (C=O) groups excluding carboxylic acids is 1. The van der Waals surface area contributed by atoms with Crippen LogP contribution in [0.3, 0.4) is 0 Å². The summed E-state index contributed by atoms with van der Waals surface area (Å²) in [5, 5.41) is 20.3. The van der Waals surface area contributed by atoms with E-state index in [0.717, 1.165) is 4.57 Å². The summed E-state index contributed by atoms with van der Waals surface area (Å²) < 4.78 is 11.9. The Morgan fingerprint density at radius 3 is 2.79 bits per heavy atom. The van der Waals surface area contributed by atoms with Gasteiger partial charge in [-0.2, -0.15) is 0 Å². The molecule has 0 bridgehead atoms. The predicted octanol–water partition coefficient (Wildman–Crippen LogP) is 0.827. The molecule has 0 spiro atoms. The summed E-state index contributed by atoms with van der Waals surface area (Å²) in [5.41, 5.74) is -0.632. The van der Waals surface area contributed by atoms with Crippen LogP contribution in [-0.4, -0.2) is 44.5 Å². The van der Waals surface area contributed by atoms with Crippen molar-refractivity contribution in [3.05, 3.63) is 73.5 Å². The van der Waals surface area contributed by atoms with Gasteiger partial charge in [-0.05, 0) is 16.6 Å². The van der Waals surface area contributed by atoms with E-state index in [1.165, 1.54) is 17.3 Å². The first-order valence-corrected chi connectivity index (χ1v) is 9.67. The van der Waals surface area contributed by atoms with E-state index in [4.69, 9.17) is 9.47 Å². The van der Waals surface area contributed by atoms with Crippen molar-refractivity contribution in [1.29, 1.82) is 0 Å². The Morgan fingerprint density at radius 1 is 1.38 bits per heavy atom. The average Bonchev–Trinajstić information content (AvgIpc) is 3.08. The summed E-state index contributed by atoms with van der Waals surface area (Å²) in [4.78, 5) is 39.6. The fraction of sp³-hybridized carbons (Fsp3) is 0.316. The lowest BCUT2D eigenvalue weighted by molar-refractivity contribution is -0.160. The molecule has 1 saturated heterocycles. The standard InChI is InChI=1S/C19H19BrN2O7/c20-7-6-12-9-22(19(27)21-17(12)25)15-8-13(23)14(29-15)10-28-18(26)16(24)11-4-2-1-3-5-11/h1-7,9,13-16,23-24H,8,10H2,(H,21,25,27)/t13?,14-,15-,16-/m0/s1. The molecule has 10 heteroatoms. The number of carbonyl (C=O) groups is 1. The first-order chi connectivity index (χ1) is 13.9. The van der Waals surface area contributed by atoms with E-state index in [1.54, 1.807) is 30.3 Å². The highest BCUT2D eigenvalue weighted by Crippen LogP contribution is 2.28. The van der Waals surface area contributed by atoms with Crippen molar-refractivity contribution >= 4 is 28.0 Å². The van der Waals surface area contributed by atoms with E-state index < -0.39 is 41.8 Å². The van der Waals surface area contributed by atoms with Gasteiger partial charge < -0.3 is 19.7 Å². The van der Waals surface area contributed by atoms with Crippen LogP contribution in [0.1, 0.15) is 29.9 Å². The molecule has 1 unspecified atom stereocenters. The molecule has 4 atom stereocenters. The minimum Gasteiger partial charge on any atom is -0.461 e. The SMILES string of the molecule is O=C(OC[C@@H]1O[C@H](n2cc(C=CBr)c(=O)[nH]c2=O)CC1O)[C@@H](O)c1ccccc1. The Morgan fingerprint density at radius 2 is 2.10 bits per heavy atom. The van der Waals surface area contributed by atoms with E-state index in [0.29, 0.717) is 5.56 Å². The molecular formula is C19H19BrN2O7. The molecule has 3 rings (SSSR count). The molecule has 3 N–H and O–H groups in total. The Labute approximate surface area is 173 Å². The first-order valence-electron chi connectivity index (χ1n) is 8.76. The van der Waals surface area contributed by atoms with Crippen LogP contribution in [0.25, 0.3) is 6.08 Å². The van der Waals surface area contributed by atoms with Crippen LogP contribution >= 0.6 is 15.9 Å². The zero-order chi connectivity index (χ0) is 21.0. The average molecular weight is 467 g/mol. The number of ether oxygens (including phenoxy) is 2. The molecule has 1 aliphatic rings. The minimum absolute atomic E-state index is 0.0624. The van der Waals surface area contributed by atoms with Gasteiger partial charge >= 0.3 is 11.7 Å². The zero-order valence-corrected chi connectivity index (χ0v) is 16.7. The lowest BCUT2D eigenvalue weighted by atomic mass is 10.1. The van der Waals surface area contributed by atoms with Gasteiger partial charge in [0.15, 0.2) is 6.10 Å². The molecule has 2 heterocycles. The molecule has 154 valence electrons. The largest absolute Gasteiger partial charge is 0.461 e. The van der Waals surface area contributed by atoms with E-state index >= 15 is 0 Å². The molecule has 29 heavy (non-hydrogen) atoms. The van der Waals surface area contributed by atoms with Crippen molar-refractivity contribution in [2.75, 3.05) is 6.61 Å². The van der Waals surface area contributed by atoms with Crippen molar-refractivity contribution in [3.63, 3.8) is 0 Å². The van der Waals surface area contributed by atoms with Gasteiger partial charge in [-0.3, -0.25) is 14.3 Å². The lowest BCUT2D eigenvalue weighted by Gasteiger charge is -2.17. The monoisotopic (exact) mass is 466 g/mol. The number of esters is 1. The molecule has 2 aromatic rings. The van der Waals surface area contributed by atoms with Crippen LogP contribution in [-0.2, 0) is 14.3 Å². The predicted molar refractivity (Wildman–Crippen MR) is 106 cm³/mol. The topological polar surface area (TPSA) is 131 Å². The molecule has 1 fully saturated rings. The molecule has 1 aliphatic heterocycles. The maximum atomic E-state index is 12.1. The van der Waals surface area contributed by atoms with Crippen molar-refractivity contribution in [2.45, 2.75) is 31.0 Å². The number of aliphatic hydroxyl groups is 2. The summed E-state index contributed by atoms with van der Waals surface area (Å²) >= 11 is 3.07. The number of rotatable bonds is 6. The van der Waals surface area contributed by atoms with Gasteiger partial charge in [-0.1, -0.05) is 46.3 Å². The van der Waals surface area contributed by atoms with Crippen LogP contribution < -0.4 is 11.2 Å². The summed E-state index contributed by atoms with van der Waals surface area (Å²) in [7, 11) is 0. The second kappa shape index (κ2) is 9.31. The van der Waals surface area contributed by atoms with E-state index in [2.05, 4.69) is 20.9 Å². The Kier molecular flexibility index (Phi) is 6.80. The molecule has 1 aromatic carbocycles. The van der Waals surface area contributed by atoms with E-state index in [1.807, 2.05) is 0 Å².